The van der Waals surface area contributed by atoms with E-state index in [0.29, 0.717) is 11.7 Å². The fourth-order valence-corrected chi connectivity index (χ4v) is 0.893. The fraction of sp³-hybridized carbons (Fsp3) is 0.417. The van der Waals surface area contributed by atoms with E-state index in [4.69, 9.17) is 4.74 Å². The van der Waals surface area contributed by atoms with Gasteiger partial charge in [-0.05, 0) is 47.1 Å². The van der Waals surface area contributed by atoms with Gasteiger partial charge in [-0.3, -0.25) is 0 Å². The third kappa shape index (κ3) is 7.55. The van der Waals surface area contributed by atoms with E-state index in [1.54, 1.807) is 6.08 Å². The van der Waals surface area contributed by atoms with Crippen LogP contribution in [0, 0.1) is 0 Å². The van der Waals surface area contributed by atoms with E-state index in [1.165, 1.54) is 0 Å². The van der Waals surface area contributed by atoms with E-state index in [9.17, 15) is 0 Å². The summed E-state index contributed by atoms with van der Waals surface area (Å²) in [5.74, 6) is 1.03. The predicted octanol–water partition coefficient (Wildman–Crippen LogP) is 2.98. The second-order valence-corrected chi connectivity index (χ2v) is 4.30. The van der Waals surface area contributed by atoms with E-state index in [-0.39, 0.29) is 5.60 Å². The second-order valence-electron chi connectivity index (χ2n) is 4.30. The molecule has 0 fully saturated rings. The molecule has 0 bridgehead atoms. The molecule has 1 N–H and O–H groups in total. The van der Waals surface area contributed by atoms with Crippen molar-refractivity contribution in [3.05, 3.63) is 36.5 Å². The highest BCUT2D eigenvalue weighted by atomic mass is 16.5. The van der Waals surface area contributed by atoms with Crippen LogP contribution in [0.25, 0.3) is 0 Å². The number of nitrogens with zero attached hydrogens (tertiary/aromatic N) is 1. The van der Waals surface area contributed by atoms with Gasteiger partial charge in [0.25, 0.3) is 0 Å². The number of nitrogens with one attached hydrogen (secondary N) is 1. The molecule has 3 nitrogen and oxygen atoms in total. The van der Waals surface area contributed by atoms with Gasteiger partial charge in [-0.1, -0.05) is 12.2 Å². The molecule has 0 aromatic heterocycles. The van der Waals surface area contributed by atoms with Crippen molar-refractivity contribution in [2.24, 2.45) is 4.99 Å². The maximum Gasteiger partial charge on any atom is 0.185 e. The first-order chi connectivity index (χ1) is 6.74. The highest BCUT2D eigenvalue weighted by Crippen LogP contribution is 2.11. The van der Waals surface area contributed by atoms with Crippen molar-refractivity contribution in [3.63, 3.8) is 0 Å². The molecule has 0 radical (unpaired) electrons. The van der Waals surface area contributed by atoms with Gasteiger partial charge >= 0.3 is 0 Å². The highest BCUT2D eigenvalue weighted by Gasteiger charge is 2.12. The molecule has 0 spiro atoms. The largest absolute Gasteiger partial charge is 0.474 e. The molecule has 0 aliphatic rings. The topological polar surface area (TPSA) is 33.6 Å². The summed E-state index contributed by atoms with van der Waals surface area (Å²) in [6.07, 6.45) is 1.77. The summed E-state index contributed by atoms with van der Waals surface area (Å²) < 4.78 is 5.49. The first-order valence-corrected chi connectivity index (χ1v) is 4.73. The zero-order valence-corrected chi connectivity index (χ0v) is 10.1. The van der Waals surface area contributed by atoms with Crippen LogP contribution in [0.4, 0.5) is 0 Å². The van der Waals surface area contributed by atoms with Crippen molar-refractivity contribution in [3.8, 4) is 0 Å². The van der Waals surface area contributed by atoms with Crippen LogP contribution in [0.15, 0.2) is 41.5 Å². The lowest BCUT2D eigenvalue weighted by atomic mass is 10.2. The average Bonchev–Trinajstić information content (AvgIpc) is 1.98. The monoisotopic (exact) mass is 208 g/mol. The Hall–Kier alpha value is -1.51. The average molecular weight is 208 g/mol. The number of rotatable bonds is 5. The van der Waals surface area contributed by atoms with Crippen molar-refractivity contribution in [1.29, 1.82) is 0 Å². The Bertz CT molecular complexity index is 295. The second kappa shape index (κ2) is 5.39. The summed E-state index contributed by atoms with van der Waals surface area (Å²) in [4.78, 5) is 3.80. The molecule has 0 saturated carbocycles. The van der Waals surface area contributed by atoms with E-state index < -0.39 is 0 Å². The Morgan fingerprint density at radius 3 is 2.20 bits per heavy atom. The van der Waals surface area contributed by atoms with Crippen LogP contribution in [-0.2, 0) is 4.74 Å². The van der Waals surface area contributed by atoms with Gasteiger partial charge in [-0.25, -0.2) is 4.99 Å². The summed E-state index contributed by atoms with van der Waals surface area (Å²) in [6, 6.07) is 0. The molecule has 0 atom stereocenters. The molecule has 0 aromatic rings. The summed E-state index contributed by atoms with van der Waals surface area (Å²) >= 11 is 0. The van der Waals surface area contributed by atoms with Gasteiger partial charge in [-0.15, -0.1) is 0 Å². The Balaban J connectivity index is 4.39. The molecule has 0 aromatic carbocycles. The Morgan fingerprint density at radius 2 is 1.87 bits per heavy atom. The third-order valence-electron chi connectivity index (χ3n) is 1.25. The Kier molecular flexibility index (Phi) is 4.85. The zero-order valence-electron chi connectivity index (χ0n) is 10.1. The minimum absolute atomic E-state index is 0.278. The van der Waals surface area contributed by atoms with Crippen LogP contribution in [-0.4, -0.2) is 12.3 Å². The van der Waals surface area contributed by atoms with Crippen molar-refractivity contribution in [2.45, 2.75) is 33.3 Å². The normalized spacial score (nSPS) is 11.9. The molecule has 0 heterocycles. The SMILES string of the molecule is C=N/C(=C\C(=C)C)NC(=C)OC(C)(C)C. The number of allylic oxidation sites excluding steroid dienone is 2. The van der Waals surface area contributed by atoms with Crippen molar-refractivity contribution >= 4 is 6.72 Å². The molecule has 3 heteroatoms. The quantitative estimate of drug-likeness (QED) is 0.428. The summed E-state index contributed by atoms with van der Waals surface area (Å²) in [5.41, 5.74) is 0.605. The predicted molar refractivity (Wildman–Crippen MR) is 65.6 cm³/mol. The van der Waals surface area contributed by atoms with E-state index in [2.05, 4.69) is 30.2 Å². The van der Waals surface area contributed by atoms with Gasteiger partial charge in [0.15, 0.2) is 5.88 Å². The smallest absolute Gasteiger partial charge is 0.185 e. The van der Waals surface area contributed by atoms with Crippen molar-refractivity contribution in [2.75, 3.05) is 0 Å². The first-order valence-electron chi connectivity index (χ1n) is 4.73. The Labute approximate surface area is 92.2 Å². The standard InChI is InChI=1S/C12H20N2O/c1-9(2)8-11(13-7)14-10(3)15-12(4,5)6/h8,14H,1,3,7H2,2,4-6H3/b11-8+. The third-order valence-corrected chi connectivity index (χ3v) is 1.25. The molecule has 0 saturated heterocycles. The molecule has 0 rings (SSSR count). The van der Waals surface area contributed by atoms with Gasteiger partial charge in [0.2, 0.25) is 0 Å². The Morgan fingerprint density at radius 1 is 1.33 bits per heavy atom. The van der Waals surface area contributed by atoms with Gasteiger partial charge < -0.3 is 10.1 Å². The van der Waals surface area contributed by atoms with Crippen LogP contribution >= 0.6 is 0 Å². The maximum atomic E-state index is 5.49. The van der Waals surface area contributed by atoms with Gasteiger partial charge in [0.05, 0.1) is 0 Å². The summed E-state index contributed by atoms with van der Waals surface area (Å²) in [7, 11) is 0. The number of aliphatic imine (C=N–C) groups is 1. The molecule has 0 amide bonds. The number of hydrogen-bond donors (Lipinski definition) is 1. The zero-order chi connectivity index (χ0) is 12.1. The lowest BCUT2D eigenvalue weighted by molar-refractivity contribution is 0.0440. The summed E-state index contributed by atoms with van der Waals surface area (Å²) in [5, 5.41) is 2.91. The van der Waals surface area contributed by atoms with Crippen LogP contribution in [0.5, 0.6) is 0 Å². The number of ether oxygens (including phenoxy) is 1. The van der Waals surface area contributed by atoms with Crippen LogP contribution in [0.3, 0.4) is 0 Å². The fourth-order valence-electron chi connectivity index (χ4n) is 0.893. The van der Waals surface area contributed by atoms with Gasteiger partial charge in [-0.2, -0.15) is 0 Å². The molecule has 15 heavy (non-hydrogen) atoms. The van der Waals surface area contributed by atoms with E-state index in [1.807, 2.05) is 27.7 Å². The van der Waals surface area contributed by atoms with Crippen LogP contribution in [0.2, 0.25) is 0 Å². The van der Waals surface area contributed by atoms with Gasteiger partial charge in [0.1, 0.15) is 11.4 Å². The lowest BCUT2D eigenvalue weighted by Gasteiger charge is -2.23. The molecule has 0 aliphatic heterocycles. The maximum absolute atomic E-state index is 5.49. The van der Waals surface area contributed by atoms with Gasteiger partial charge in [0, 0.05) is 0 Å². The molecule has 84 valence electrons. The van der Waals surface area contributed by atoms with Crippen LogP contribution in [0.1, 0.15) is 27.7 Å². The molecular weight excluding hydrogens is 188 g/mol. The molecular formula is C12H20N2O. The number of hydrogen-bond acceptors (Lipinski definition) is 3. The minimum Gasteiger partial charge on any atom is -0.474 e. The molecule has 0 aliphatic carbocycles. The lowest BCUT2D eigenvalue weighted by Crippen LogP contribution is -2.24. The van der Waals surface area contributed by atoms with E-state index in [0.717, 1.165) is 5.57 Å². The minimum atomic E-state index is -0.278. The van der Waals surface area contributed by atoms with E-state index >= 15 is 0 Å². The van der Waals surface area contributed by atoms with Crippen LogP contribution < -0.4 is 5.32 Å². The first kappa shape index (κ1) is 13.5. The van der Waals surface area contributed by atoms with Crippen molar-refractivity contribution in [1.82, 2.24) is 5.32 Å². The summed E-state index contributed by atoms with van der Waals surface area (Å²) in [6.45, 7) is 18.7. The molecule has 0 unspecified atom stereocenters. The van der Waals surface area contributed by atoms with Crippen molar-refractivity contribution < 1.29 is 4.74 Å². The highest BCUT2D eigenvalue weighted by molar-refractivity contribution is 5.31.